The van der Waals surface area contributed by atoms with Crippen molar-refractivity contribution in [3.8, 4) is 11.5 Å². The summed E-state index contributed by atoms with van der Waals surface area (Å²) in [6.07, 6.45) is 0.472. The van der Waals surface area contributed by atoms with Gasteiger partial charge in [0.1, 0.15) is 36.9 Å². The van der Waals surface area contributed by atoms with Crippen molar-refractivity contribution in [1.29, 1.82) is 0 Å². The lowest BCUT2D eigenvalue weighted by molar-refractivity contribution is 0.0109. The van der Waals surface area contributed by atoms with Crippen LogP contribution in [0.1, 0.15) is 19.3 Å². The molecule has 0 radical (unpaired) electrons. The number of hydrogen-bond donors (Lipinski definition) is 3. The fraction of sp³-hybridized carbons (Fsp3) is 0.647. The van der Waals surface area contributed by atoms with E-state index in [-0.39, 0.29) is 33.1 Å². The first-order valence-electron chi connectivity index (χ1n) is 8.12. The molecule has 0 heterocycles. The topological polar surface area (TPSA) is 88.4 Å². The highest BCUT2D eigenvalue weighted by atomic mass is 19.1. The molecule has 24 heavy (non-hydrogen) atoms. The molecule has 0 spiro atoms. The van der Waals surface area contributed by atoms with Gasteiger partial charge in [0, 0.05) is 6.61 Å². The van der Waals surface area contributed by atoms with E-state index in [1.54, 1.807) is 24.3 Å². The first-order valence-corrected chi connectivity index (χ1v) is 8.12. The Bertz CT molecular complexity index is 414. The maximum Gasteiger partial charge on any atom is 0.119 e. The third kappa shape index (κ3) is 9.67. The predicted molar refractivity (Wildman–Crippen MR) is 87.2 cm³/mol. The summed E-state index contributed by atoms with van der Waals surface area (Å²) >= 11 is 0. The Morgan fingerprint density at radius 3 is 1.96 bits per heavy atom. The van der Waals surface area contributed by atoms with Crippen molar-refractivity contribution in [3.05, 3.63) is 24.3 Å². The number of aliphatic hydroxyl groups excluding tert-OH is 3. The zero-order valence-electron chi connectivity index (χ0n) is 13.8. The van der Waals surface area contributed by atoms with Crippen LogP contribution in [-0.2, 0) is 4.74 Å². The van der Waals surface area contributed by atoms with Crippen molar-refractivity contribution < 1.29 is 33.9 Å². The van der Waals surface area contributed by atoms with E-state index in [2.05, 4.69) is 0 Å². The Kier molecular flexibility index (Phi) is 11.1. The van der Waals surface area contributed by atoms with Gasteiger partial charge in [0.25, 0.3) is 0 Å². The van der Waals surface area contributed by atoms with Crippen molar-refractivity contribution in [2.24, 2.45) is 0 Å². The zero-order chi connectivity index (χ0) is 17.6. The Morgan fingerprint density at radius 2 is 1.42 bits per heavy atom. The van der Waals surface area contributed by atoms with Gasteiger partial charge in [-0.1, -0.05) is 0 Å². The molecule has 0 saturated heterocycles. The Labute approximate surface area is 141 Å². The molecule has 0 amide bonds. The molecule has 0 aromatic heterocycles. The SMILES string of the molecule is OCC(O)COc1ccc(OCC(O)COCCCCCF)cc1. The van der Waals surface area contributed by atoms with E-state index in [0.717, 1.165) is 12.8 Å². The highest BCUT2D eigenvalue weighted by molar-refractivity contribution is 5.31. The summed E-state index contributed by atoms with van der Waals surface area (Å²) in [5.74, 6) is 1.12. The molecule has 0 saturated carbocycles. The highest BCUT2D eigenvalue weighted by Crippen LogP contribution is 2.18. The summed E-state index contributed by atoms with van der Waals surface area (Å²) in [7, 11) is 0. The molecule has 0 aliphatic heterocycles. The lowest BCUT2D eigenvalue weighted by Crippen LogP contribution is -2.23. The summed E-state index contributed by atoms with van der Waals surface area (Å²) in [4.78, 5) is 0. The van der Waals surface area contributed by atoms with Gasteiger partial charge in [0.15, 0.2) is 0 Å². The molecule has 1 aromatic rings. The van der Waals surface area contributed by atoms with Crippen LogP contribution in [0.2, 0.25) is 0 Å². The largest absolute Gasteiger partial charge is 0.491 e. The van der Waals surface area contributed by atoms with E-state index in [1.165, 1.54) is 0 Å². The summed E-state index contributed by atoms with van der Waals surface area (Å²) in [6, 6.07) is 6.72. The molecule has 1 rings (SSSR count). The van der Waals surface area contributed by atoms with Crippen LogP contribution in [0.15, 0.2) is 24.3 Å². The fourth-order valence-corrected chi connectivity index (χ4v) is 1.81. The van der Waals surface area contributed by atoms with Crippen molar-refractivity contribution in [3.63, 3.8) is 0 Å². The Balaban J connectivity index is 2.15. The van der Waals surface area contributed by atoms with Gasteiger partial charge in [-0.05, 0) is 43.5 Å². The van der Waals surface area contributed by atoms with Gasteiger partial charge in [-0.2, -0.15) is 0 Å². The van der Waals surface area contributed by atoms with Gasteiger partial charge < -0.3 is 29.5 Å². The molecule has 0 bridgehead atoms. The number of alkyl halides is 1. The third-order valence-electron chi connectivity index (χ3n) is 3.15. The average molecular weight is 346 g/mol. The standard InChI is InChI=1S/C17H27FO6/c18-8-2-1-3-9-22-11-15(21)13-24-17-6-4-16(5-7-17)23-12-14(20)10-19/h4-7,14-15,19-21H,1-3,8-13H2. The van der Waals surface area contributed by atoms with Crippen LogP contribution < -0.4 is 9.47 Å². The van der Waals surface area contributed by atoms with Gasteiger partial charge in [-0.25, -0.2) is 0 Å². The molecule has 3 N–H and O–H groups in total. The molecule has 7 heteroatoms. The molecule has 0 aliphatic carbocycles. The van der Waals surface area contributed by atoms with Gasteiger partial charge in [-0.3, -0.25) is 4.39 Å². The molecule has 6 nitrogen and oxygen atoms in total. The van der Waals surface area contributed by atoms with Gasteiger partial charge >= 0.3 is 0 Å². The van der Waals surface area contributed by atoms with E-state index >= 15 is 0 Å². The van der Waals surface area contributed by atoms with Crippen LogP contribution in [0, 0.1) is 0 Å². The average Bonchev–Trinajstić information content (AvgIpc) is 2.61. The van der Waals surface area contributed by atoms with Gasteiger partial charge in [0.2, 0.25) is 0 Å². The second-order valence-corrected chi connectivity index (χ2v) is 5.41. The molecule has 138 valence electrons. The highest BCUT2D eigenvalue weighted by Gasteiger charge is 2.07. The Morgan fingerprint density at radius 1 is 0.833 bits per heavy atom. The summed E-state index contributed by atoms with van der Waals surface area (Å²) in [5.41, 5.74) is 0. The number of hydrogen-bond acceptors (Lipinski definition) is 6. The van der Waals surface area contributed by atoms with Crippen LogP contribution in [0.3, 0.4) is 0 Å². The lowest BCUT2D eigenvalue weighted by Gasteiger charge is -2.13. The van der Waals surface area contributed by atoms with E-state index in [0.29, 0.717) is 24.5 Å². The predicted octanol–water partition coefficient (Wildman–Crippen LogP) is 1.31. The number of unbranched alkanes of at least 4 members (excludes halogenated alkanes) is 2. The van der Waals surface area contributed by atoms with Crippen LogP contribution >= 0.6 is 0 Å². The smallest absolute Gasteiger partial charge is 0.119 e. The normalized spacial score (nSPS) is 13.5. The van der Waals surface area contributed by atoms with E-state index < -0.39 is 12.2 Å². The summed E-state index contributed by atoms with van der Waals surface area (Å²) in [5, 5.41) is 27.6. The van der Waals surface area contributed by atoms with Crippen LogP contribution in [-0.4, -0.2) is 67.2 Å². The van der Waals surface area contributed by atoms with Crippen molar-refractivity contribution in [2.75, 3.05) is 39.7 Å². The second kappa shape index (κ2) is 12.9. The number of benzene rings is 1. The zero-order valence-corrected chi connectivity index (χ0v) is 13.8. The summed E-state index contributed by atoms with van der Waals surface area (Å²) in [6.45, 7) is 0.143. The first-order chi connectivity index (χ1) is 11.7. The quantitative estimate of drug-likeness (QED) is 0.440. The minimum absolute atomic E-state index is 0.0120. The van der Waals surface area contributed by atoms with Crippen LogP contribution in [0.25, 0.3) is 0 Å². The van der Waals surface area contributed by atoms with Gasteiger partial charge in [-0.15, -0.1) is 0 Å². The first kappa shape index (κ1) is 20.6. The van der Waals surface area contributed by atoms with Crippen LogP contribution in [0.4, 0.5) is 4.39 Å². The molecular weight excluding hydrogens is 319 g/mol. The summed E-state index contributed by atoms with van der Waals surface area (Å²) < 4.78 is 27.9. The van der Waals surface area contributed by atoms with Gasteiger partial charge in [0.05, 0.1) is 19.9 Å². The number of aliphatic hydroxyl groups is 3. The van der Waals surface area contributed by atoms with Crippen LogP contribution in [0.5, 0.6) is 11.5 Å². The molecule has 0 aliphatic rings. The number of halogens is 1. The molecule has 2 unspecified atom stereocenters. The molecular formula is C17H27FO6. The van der Waals surface area contributed by atoms with E-state index in [1.807, 2.05) is 0 Å². The Hall–Kier alpha value is -1.41. The maximum atomic E-state index is 11.9. The minimum Gasteiger partial charge on any atom is -0.491 e. The third-order valence-corrected chi connectivity index (χ3v) is 3.15. The minimum atomic E-state index is -0.909. The second-order valence-electron chi connectivity index (χ2n) is 5.41. The monoisotopic (exact) mass is 346 g/mol. The molecule has 0 fully saturated rings. The van der Waals surface area contributed by atoms with E-state index in [4.69, 9.17) is 19.3 Å². The van der Waals surface area contributed by atoms with Crippen molar-refractivity contribution in [1.82, 2.24) is 0 Å². The molecule has 2 atom stereocenters. The van der Waals surface area contributed by atoms with Crippen molar-refractivity contribution in [2.45, 2.75) is 31.5 Å². The fourth-order valence-electron chi connectivity index (χ4n) is 1.81. The maximum absolute atomic E-state index is 11.9. The number of rotatable bonds is 14. The molecule has 1 aromatic carbocycles. The lowest BCUT2D eigenvalue weighted by atomic mass is 10.2. The number of ether oxygens (including phenoxy) is 3. The van der Waals surface area contributed by atoms with Crippen molar-refractivity contribution >= 4 is 0 Å². The van der Waals surface area contributed by atoms with E-state index in [9.17, 15) is 14.6 Å².